The first-order chi connectivity index (χ1) is 6.66. The van der Waals surface area contributed by atoms with Crippen LogP contribution in [0.15, 0.2) is 23.3 Å². The first-order valence-electron chi connectivity index (χ1n) is 3.99. The van der Waals surface area contributed by atoms with Crippen LogP contribution < -0.4 is 0 Å². The average Bonchev–Trinajstić information content (AvgIpc) is 2.16. The number of carboxylic acid groups (broad SMARTS) is 1. The van der Waals surface area contributed by atoms with Crippen LogP contribution in [0.5, 0.6) is 0 Å². The number of carbonyl (C=O) groups is 1. The van der Waals surface area contributed by atoms with Crippen molar-refractivity contribution in [2.75, 3.05) is 0 Å². The number of rotatable bonds is 3. The van der Waals surface area contributed by atoms with Crippen LogP contribution in [0.4, 0.5) is 0 Å². The lowest BCUT2D eigenvalue weighted by molar-refractivity contribution is 0.0696. The second-order valence-electron chi connectivity index (χ2n) is 2.78. The highest BCUT2D eigenvalue weighted by Gasteiger charge is 2.08. The van der Waals surface area contributed by atoms with Crippen molar-refractivity contribution in [3.8, 4) is 0 Å². The third-order valence-corrected chi connectivity index (χ3v) is 1.98. The van der Waals surface area contributed by atoms with E-state index in [4.69, 9.17) is 10.6 Å². The van der Waals surface area contributed by atoms with Crippen molar-refractivity contribution >= 4 is 5.97 Å². The zero-order chi connectivity index (χ0) is 10.6. The SMILES string of the molecule is Cc1c(CN=[N+]=[N-])cccc1C(=O)O. The lowest BCUT2D eigenvalue weighted by atomic mass is 10.0. The molecule has 0 saturated carbocycles. The lowest BCUT2D eigenvalue weighted by Gasteiger charge is -2.05. The van der Waals surface area contributed by atoms with Crippen molar-refractivity contribution in [3.05, 3.63) is 45.3 Å². The van der Waals surface area contributed by atoms with E-state index in [1.54, 1.807) is 19.1 Å². The Kier molecular flexibility index (Phi) is 3.09. The number of benzene rings is 1. The summed E-state index contributed by atoms with van der Waals surface area (Å²) in [7, 11) is 0. The molecule has 0 spiro atoms. The van der Waals surface area contributed by atoms with Crippen LogP contribution >= 0.6 is 0 Å². The van der Waals surface area contributed by atoms with Gasteiger partial charge in [-0.2, -0.15) is 0 Å². The first kappa shape index (κ1) is 10.1. The molecule has 0 radical (unpaired) electrons. The summed E-state index contributed by atoms with van der Waals surface area (Å²) in [6.07, 6.45) is 0. The largest absolute Gasteiger partial charge is 0.478 e. The number of aromatic carboxylic acids is 1. The molecule has 0 fully saturated rings. The molecule has 0 aliphatic rings. The Bertz CT molecular complexity index is 409. The zero-order valence-electron chi connectivity index (χ0n) is 7.64. The molecule has 0 aromatic heterocycles. The van der Waals surface area contributed by atoms with Gasteiger partial charge in [-0.05, 0) is 29.6 Å². The molecular weight excluding hydrogens is 182 g/mol. The molecule has 1 N–H and O–H groups in total. The fraction of sp³-hybridized carbons (Fsp3) is 0.222. The molecule has 5 heteroatoms. The third-order valence-electron chi connectivity index (χ3n) is 1.98. The Morgan fingerprint density at radius 3 is 2.93 bits per heavy atom. The van der Waals surface area contributed by atoms with Crippen LogP contribution in [0.25, 0.3) is 10.4 Å². The van der Waals surface area contributed by atoms with E-state index in [1.165, 1.54) is 6.07 Å². The molecular formula is C9H9N3O2. The van der Waals surface area contributed by atoms with E-state index < -0.39 is 5.97 Å². The minimum absolute atomic E-state index is 0.184. The molecule has 14 heavy (non-hydrogen) atoms. The monoisotopic (exact) mass is 191 g/mol. The fourth-order valence-corrected chi connectivity index (χ4v) is 1.19. The van der Waals surface area contributed by atoms with Crippen LogP contribution in [0.1, 0.15) is 21.5 Å². The molecule has 72 valence electrons. The summed E-state index contributed by atoms with van der Waals surface area (Å²) in [4.78, 5) is 13.4. The number of azide groups is 1. The second kappa shape index (κ2) is 4.30. The van der Waals surface area contributed by atoms with Gasteiger partial charge in [0.2, 0.25) is 0 Å². The summed E-state index contributed by atoms with van der Waals surface area (Å²) in [5.41, 5.74) is 9.77. The van der Waals surface area contributed by atoms with Crippen LogP contribution in [0.3, 0.4) is 0 Å². The maximum Gasteiger partial charge on any atom is 0.335 e. The minimum Gasteiger partial charge on any atom is -0.478 e. The molecule has 0 atom stereocenters. The maximum atomic E-state index is 10.7. The Hall–Kier alpha value is -2.00. The van der Waals surface area contributed by atoms with Gasteiger partial charge in [0, 0.05) is 4.91 Å². The number of hydrogen-bond acceptors (Lipinski definition) is 2. The summed E-state index contributed by atoms with van der Waals surface area (Å²) in [6, 6.07) is 4.91. The van der Waals surface area contributed by atoms with E-state index in [-0.39, 0.29) is 12.1 Å². The first-order valence-corrected chi connectivity index (χ1v) is 3.99. The normalized spacial score (nSPS) is 9.21. The lowest BCUT2D eigenvalue weighted by Crippen LogP contribution is -2.01. The van der Waals surface area contributed by atoms with Crippen LogP contribution in [0.2, 0.25) is 0 Å². The molecule has 0 saturated heterocycles. The maximum absolute atomic E-state index is 10.7. The van der Waals surface area contributed by atoms with E-state index in [0.717, 1.165) is 5.56 Å². The predicted octanol–water partition coefficient (Wildman–Crippen LogP) is 2.50. The zero-order valence-corrected chi connectivity index (χ0v) is 7.64. The summed E-state index contributed by atoms with van der Waals surface area (Å²) in [5, 5.41) is 12.2. The quantitative estimate of drug-likeness (QED) is 0.452. The molecule has 0 heterocycles. The van der Waals surface area contributed by atoms with Gasteiger partial charge in [-0.3, -0.25) is 0 Å². The minimum atomic E-state index is -0.967. The predicted molar refractivity (Wildman–Crippen MR) is 51.0 cm³/mol. The highest BCUT2D eigenvalue weighted by Crippen LogP contribution is 2.14. The molecule has 1 aromatic carbocycles. The van der Waals surface area contributed by atoms with E-state index in [0.29, 0.717) is 5.56 Å². The van der Waals surface area contributed by atoms with Crippen molar-refractivity contribution in [2.24, 2.45) is 5.11 Å². The Morgan fingerprint density at radius 1 is 1.64 bits per heavy atom. The average molecular weight is 191 g/mol. The molecule has 0 bridgehead atoms. The van der Waals surface area contributed by atoms with E-state index in [2.05, 4.69) is 10.0 Å². The standard InChI is InChI=1S/C9H9N3O2/c1-6-7(5-11-12-10)3-2-4-8(6)9(13)14/h2-4H,5H2,1H3,(H,13,14). The molecule has 1 aromatic rings. The smallest absolute Gasteiger partial charge is 0.335 e. The Morgan fingerprint density at radius 2 is 2.36 bits per heavy atom. The van der Waals surface area contributed by atoms with Gasteiger partial charge in [0.25, 0.3) is 0 Å². The van der Waals surface area contributed by atoms with E-state index in [9.17, 15) is 4.79 Å². The molecule has 0 unspecified atom stereocenters. The van der Waals surface area contributed by atoms with E-state index >= 15 is 0 Å². The summed E-state index contributed by atoms with van der Waals surface area (Å²) in [6.45, 7) is 1.88. The molecule has 5 nitrogen and oxygen atoms in total. The number of hydrogen-bond donors (Lipinski definition) is 1. The highest BCUT2D eigenvalue weighted by molar-refractivity contribution is 5.89. The second-order valence-corrected chi connectivity index (χ2v) is 2.78. The van der Waals surface area contributed by atoms with Crippen molar-refractivity contribution in [1.82, 2.24) is 0 Å². The Balaban J connectivity index is 3.13. The van der Waals surface area contributed by atoms with Crippen molar-refractivity contribution in [3.63, 3.8) is 0 Å². The van der Waals surface area contributed by atoms with Crippen LogP contribution in [-0.2, 0) is 6.54 Å². The molecule has 0 aliphatic heterocycles. The fourth-order valence-electron chi connectivity index (χ4n) is 1.19. The van der Waals surface area contributed by atoms with Crippen molar-refractivity contribution < 1.29 is 9.90 Å². The van der Waals surface area contributed by atoms with Crippen LogP contribution in [0, 0.1) is 6.92 Å². The molecule has 1 rings (SSSR count). The van der Waals surface area contributed by atoms with Gasteiger partial charge >= 0.3 is 5.97 Å². The van der Waals surface area contributed by atoms with Crippen molar-refractivity contribution in [1.29, 1.82) is 0 Å². The molecule has 0 aliphatic carbocycles. The van der Waals surface area contributed by atoms with Gasteiger partial charge in [-0.25, -0.2) is 4.79 Å². The Labute approximate surface area is 80.6 Å². The summed E-state index contributed by atoms with van der Waals surface area (Å²) >= 11 is 0. The van der Waals surface area contributed by atoms with Crippen molar-refractivity contribution in [2.45, 2.75) is 13.5 Å². The van der Waals surface area contributed by atoms with Gasteiger partial charge in [-0.1, -0.05) is 17.2 Å². The van der Waals surface area contributed by atoms with E-state index in [1.807, 2.05) is 0 Å². The third kappa shape index (κ3) is 2.02. The molecule has 0 amide bonds. The summed E-state index contributed by atoms with van der Waals surface area (Å²) in [5.74, 6) is -0.967. The van der Waals surface area contributed by atoms with Gasteiger partial charge in [0.15, 0.2) is 0 Å². The van der Waals surface area contributed by atoms with Gasteiger partial charge in [-0.15, -0.1) is 0 Å². The van der Waals surface area contributed by atoms with Crippen LogP contribution in [-0.4, -0.2) is 11.1 Å². The van der Waals surface area contributed by atoms with Gasteiger partial charge in [0.05, 0.1) is 12.1 Å². The highest BCUT2D eigenvalue weighted by atomic mass is 16.4. The number of carboxylic acids is 1. The summed E-state index contributed by atoms with van der Waals surface area (Å²) < 4.78 is 0. The van der Waals surface area contributed by atoms with Gasteiger partial charge in [0.1, 0.15) is 0 Å². The topological polar surface area (TPSA) is 86.1 Å². The van der Waals surface area contributed by atoms with Gasteiger partial charge < -0.3 is 5.11 Å². The number of nitrogens with zero attached hydrogens (tertiary/aromatic N) is 3.